The summed E-state index contributed by atoms with van der Waals surface area (Å²) in [5, 5.41) is 9.46. The molecule has 0 N–H and O–H groups in total. The summed E-state index contributed by atoms with van der Waals surface area (Å²) in [6.07, 6.45) is 0. The molecule has 0 saturated heterocycles. The second kappa shape index (κ2) is 12.7. The molecule has 0 aliphatic carbocycles. The van der Waals surface area contributed by atoms with Gasteiger partial charge in [0.25, 0.3) is 0 Å². The van der Waals surface area contributed by atoms with Gasteiger partial charge in [-0.05, 0) is 125 Å². The molecule has 2 heteroatoms. The van der Waals surface area contributed by atoms with Crippen LogP contribution in [-0.2, 0) is 0 Å². The lowest BCUT2D eigenvalue weighted by Crippen LogP contribution is -1.92. The fraction of sp³-hybridized carbons (Fsp3) is 0. The van der Waals surface area contributed by atoms with Crippen LogP contribution >= 0.6 is 0 Å². The van der Waals surface area contributed by atoms with E-state index in [-0.39, 0.29) is 0 Å². The molecule has 0 saturated carbocycles. The second-order valence-corrected chi connectivity index (χ2v) is 14.3. The molecule has 1 aromatic heterocycles. The molecule has 1 heterocycles. The predicted molar refractivity (Wildman–Crippen MR) is 231 cm³/mol. The van der Waals surface area contributed by atoms with Crippen molar-refractivity contribution in [3.8, 4) is 56.0 Å². The van der Waals surface area contributed by atoms with Crippen molar-refractivity contribution in [3.05, 3.63) is 200 Å². The number of oxazole rings is 1. The van der Waals surface area contributed by atoms with E-state index in [1.54, 1.807) is 0 Å². The van der Waals surface area contributed by atoms with Crippen LogP contribution in [0.3, 0.4) is 0 Å². The Balaban J connectivity index is 1.14. The van der Waals surface area contributed by atoms with Crippen molar-refractivity contribution in [1.82, 2.24) is 4.98 Å². The largest absolute Gasteiger partial charge is 0.435 e. The molecule has 0 radical (unpaired) electrons. The van der Waals surface area contributed by atoms with Crippen LogP contribution in [0.15, 0.2) is 205 Å². The summed E-state index contributed by atoms with van der Waals surface area (Å²) in [4.78, 5) is 4.89. The van der Waals surface area contributed by atoms with Crippen molar-refractivity contribution in [2.75, 3.05) is 0 Å². The van der Waals surface area contributed by atoms with Crippen LogP contribution < -0.4 is 0 Å². The minimum Gasteiger partial charge on any atom is -0.435 e. The third kappa shape index (κ3) is 5.22. The summed E-state index contributed by atoms with van der Waals surface area (Å²) in [5.74, 6) is 0.639. The van der Waals surface area contributed by atoms with E-state index >= 15 is 0 Å². The molecule has 0 aliphatic heterocycles. The molecule has 0 spiro atoms. The summed E-state index contributed by atoms with van der Waals surface area (Å²) < 4.78 is 6.52. The molecular weight excluding hydrogens is 667 g/mol. The van der Waals surface area contributed by atoms with Crippen LogP contribution in [0.5, 0.6) is 0 Å². The molecule has 0 unspecified atom stereocenters. The van der Waals surface area contributed by atoms with Crippen molar-refractivity contribution in [3.63, 3.8) is 0 Å². The molecule has 0 amide bonds. The first-order valence-electron chi connectivity index (χ1n) is 18.8. The molecular formula is C53H33NO. The lowest BCUT2D eigenvalue weighted by molar-refractivity contribution is 0.623. The summed E-state index contributed by atoms with van der Waals surface area (Å²) in [6, 6.07) is 72.0. The third-order valence-electron chi connectivity index (χ3n) is 11.0. The maximum atomic E-state index is 6.52. The summed E-state index contributed by atoms with van der Waals surface area (Å²) >= 11 is 0. The lowest BCUT2D eigenvalue weighted by Gasteiger charge is -2.19. The van der Waals surface area contributed by atoms with Gasteiger partial charge in [0.15, 0.2) is 5.58 Å². The fourth-order valence-corrected chi connectivity index (χ4v) is 8.51. The van der Waals surface area contributed by atoms with Crippen molar-refractivity contribution in [2.24, 2.45) is 0 Å². The SMILES string of the molecule is c1ccc(-c2cc(-c3ccccc3)cc(-c3c4ccccc4c(-c4ccc5c(ccc6ccc7nc(-c8ccccc8)oc7c65)c4)c4ccccc34)c2)cc1. The Labute approximate surface area is 318 Å². The molecule has 10 aromatic carbocycles. The molecule has 11 aromatic rings. The van der Waals surface area contributed by atoms with Crippen LogP contribution in [0.25, 0.3) is 110 Å². The molecule has 0 bridgehead atoms. The van der Waals surface area contributed by atoms with Gasteiger partial charge >= 0.3 is 0 Å². The lowest BCUT2D eigenvalue weighted by atomic mass is 9.84. The molecule has 11 rings (SSSR count). The second-order valence-electron chi connectivity index (χ2n) is 14.3. The number of aromatic nitrogens is 1. The van der Waals surface area contributed by atoms with Crippen molar-refractivity contribution >= 4 is 54.2 Å². The highest BCUT2D eigenvalue weighted by atomic mass is 16.3. The highest BCUT2D eigenvalue weighted by Crippen LogP contribution is 2.46. The van der Waals surface area contributed by atoms with Crippen molar-refractivity contribution in [1.29, 1.82) is 0 Å². The van der Waals surface area contributed by atoms with Gasteiger partial charge in [-0.25, -0.2) is 4.98 Å². The van der Waals surface area contributed by atoms with Gasteiger partial charge in [0.05, 0.1) is 0 Å². The number of benzene rings is 10. The quantitative estimate of drug-likeness (QED) is 0.132. The number of hydrogen-bond acceptors (Lipinski definition) is 2. The van der Waals surface area contributed by atoms with E-state index in [0.29, 0.717) is 5.89 Å². The Bertz CT molecular complexity index is 3120. The fourth-order valence-electron chi connectivity index (χ4n) is 8.51. The van der Waals surface area contributed by atoms with Crippen LogP contribution in [0.4, 0.5) is 0 Å². The summed E-state index contributed by atoms with van der Waals surface area (Å²) in [7, 11) is 0. The highest BCUT2D eigenvalue weighted by molar-refractivity contribution is 6.23. The van der Waals surface area contributed by atoms with Gasteiger partial charge in [0.1, 0.15) is 5.52 Å². The average Bonchev–Trinajstić information content (AvgIpc) is 3.71. The number of rotatable bonds is 5. The average molecular weight is 700 g/mol. The smallest absolute Gasteiger partial charge is 0.227 e. The Kier molecular flexibility index (Phi) is 7.21. The zero-order valence-corrected chi connectivity index (χ0v) is 29.9. The molecule has 0 fully saturated rings. The van der Waals surface area contributed by atoms with E-state index in [2.05, 4.69) is 170 Å². The number of hydrogen-bond donors (Lipinski definition) is 0. The maximum absolute atomic E-state index is 6.52. The van der Waals surface area contributed by atoms with E-state index in [0.717, 1.165) is 38.2 Å². The summed E-state index contributed by atoms with van der Waals surface area (Å²) in [5.41, 5.74) is 12.3. The van der Waals surface area contributed by atoms with E-state index in [4.69, 9.17) is 9.40 Å². The zero-order valence-electron chi connectivity index (χ0n) is 29.9. The topological polar surface area (TPSA) is 26.0 Å². The predicted octanol–water partition coefficient (Wildman–Crippen LogP) is 14.8. The van der Waals surface area contributed by atoms with Gasteiger partial charge < -0.3 is 4.42 Å². The van der Waals surface area contributed by atoms with E-state index in [1.165, 1.54) is 66.1 Å². The monoisotopic (exact) mass is 699 g/mol. The van der Waals surface area contributed by atoms with Gasteiger partial charge in [-0.3, -0.25) is 0 Å². The molecule has 256 valence electrons. The van der Waals surface area contributed by atoms with Gasteiger partial charge in [0.2, 0.25) is 5.89 Å². The Morgan fingerprint density at radius 1 is 0.309 bits per heavy atom. The third-order valence-corrected chi connectivity index (χ3v) is 11.0. The van der Waals surface area contributed by atoms with Crippen LogP contribution in [0.1, 0.15) is 0 Å². The van der Waals surface area contributed by atoms with Gasteiger partial charge in [-0.1, -0.05) is 158 Å². The van der Waals surface area contributed by atoms with Gasteiger partial charge in [-0.15, -0.1) is 0 Å². The minimum absolute atomic E-state index is 0.639. The van der Waals surface area contributed by atoms with E-state index in [1.807, 2.05) is 30.3 Å². The number of nitrogens with zero attached hydrogens (tertiary/aromatic N) is 1. The molecule has 2 nitrogen and oxygen atoms in total. The van der Waals surface area contributed by atoms with Gasteiger partial charge in [0, 0.05) is 10.9 Å². The van der Waals surface area contributed by atoms with Crippen LogP contribution in [0.2, 0.25) is 0 Å². The van der Waals surface area contributed by atoms with Gasteiger partial charge in [-0.2, -0.15) is 0 Å². The van der Waals surface area contributed by atoms with E-state index < -0.39 is 0 Å². The first-order valence-corrected chi connectivity index (χ1v) is 18.8. The zero-order chi connectivity index (χ0) is 36.3. The Hall–Kier alpha value is -7.29. The highest BCUT2D eigenvalue weighted by Gasteiger charge is 2.19. The van der Waals surface area contributed by atoms with E-state index in [9.17, 15) is 0 Å². The minimum atomic E-state index is 0.639. The molecule has 55 heavy (non-hydrogen) atoms. The summed E-state index contributed by atoms with van der Waals surface area (Å²) in [6.45, 7) is 0. The first kappa shape index (κ1) is 31.3. The standard InChI is InChI=1S/C53H33NO/c1-4-14-34(15-5-1)40-31-41(35-16-6-2-7-17-35)33-42(32-40)50-46-22-12-10-20-44(46)49(45-21-11-13-23-47(45)50)39-26-28-43-38(30-39)25-24-36-27-29-48-52(51(36)43)55-53(54-48)37-18-8-3-9-19-37/h1-33H. The molecule has 0 atom stereocenters. The Morgan fingerprint density at radius 3 is 1.36 bits per heavy atom. The normalized spacial score (nSPS) is 11.6. The number of fused-ring (bicyclic) bond motifs is 7. The maximum Gasteiger partial charge on any atom is 0.227 e. The van der Waals surface area contributed by atoms with Crippen LogP contribution in [0, 0.1) is 0 Å². The Morgan fingerprint density at radius 2 is 0.782 bits per heavy atom. The first-order chi connectivity index (χ1) is 27.3. The molecule has 0 aliphatic rings. The van der Waals surface area contributed by atoms with Crippen molar-refractivity contribution in [2.45, 2.75) is 0 Å². The van der Waals surface area contributed by atoms with Crippen molar-refractivity contribution < 1.29 is 4.42 Å². The van der Waals surface area contributed by atoms with Crippen LogP contribution in [-0.4, -0.2) is 4.98 Å².